The normalized spacial score (nSPS) is 16.8. The van der Waals surface area contributed by atoms with Crippen molar-refractivity contribution in [1.82, 2.24) is 5.32 Å². The number of aryl methyl sites for hydroxylation is 1. The number of amides is 1. The minimum absolute atomic E-state index is 0. The van der Waals surface area contributed by atoms with Crippen molar-refractivity contribution in [1.29, 1.82) is 0 Å². The van der Waals surface area contributed by atoms with E-state index in [-0.39, 0.29) is 36.6 Å². The van der Waals surface area contributed by atoms with Crippen LogP contribution in [0.15, 0.2) is 18.2 Å². The smallest absolute Gasteiger partial charge is 0.274 e. The summed E-state index contributed by atoms with van der Waals surface area (Å²) in [5.74, 6) is -0.639. The van der Waals surface area contributed by atoms with E-state index in [4.69, 9.17) is 0 Å². The van der Waals surface area contributed by atoms with Crippen molar-refractivity contribution in [2.75, 3.05) is 24.7 Å². The van der Waals surface area contributed by atoms with Crippen LogP contribution in [0.4, 0.5) is 11.4 Å². The predicted octanol–water partition coefficient (Wildman–Crippen LogP) is 1.43. The molecule has 1 saturated heterocycles. The van der Waals surface area contributed by atoms with E-state index in [0.717, 1.165) is 6.26 Å². The van der Waals surface area contributed by atoms with Crippen molar-refractivity contribution in [2.24, 2.45) is 0 Å². The Morgan fingerprint density at radius 1 is 1.33 bits per heavy atom. The van der Waals surface area contributed by atoms with Gasteiger partial charge in [0.05, 0.1) is 4.92 Å². The van der Waals surface area contributed by atoms with Gasteiger partial charge in [0.25, 0.3) is 5.69 Å². The van der Waals surface area contributed by atoms with Gasteiger partial charge in [-0.15, -0.1) is 12.4 Å². The molecule has 0 unspecified atom stereocenters. The van der Waals surface area contributed by atoms with Crippen molar-refractivity contribution < 1.29 is 18.1 Å². The van der Waals surface area contributed by atoms with Gasteiger partial charge in [0.15, 0.2) is 14.6 Å². The number of nitrogens with zero attached hydrogens (tertiary/aromatic N) is 1. The molecule has 0 aromatic heterocycles. The van der Waals surface area contributed by atoms with Gasteiger partial charge in [-0.1, -0.05) is 6.07 Å². The van der Waals surface area contributed by atoms with Crippen LogP contribution in [-0.4, -0.2) is 43.3 Å². The lowest BCUT2D eigenvalue weighted by Crippen LogP contribution is -2.55. The van der Waals surface area contributed by atoms with E-state index in [1.807, 2.05) is 0 Å². The zero-order valence-corrected chi connectivity index (χ0v) is 15.0. The molecule has 1 fully saturated rings. The van der Waals surface area contributed by atoms with Crippen LogP contribution in [-0.2, 0) is 14.6 Å². The van der Waals surface area contributed by atoms with Crippen LogP contribution in [0.25, 0.3) is 0 Å². The standard InChI is InChI=1S/C14H19N3O5S.ClH/c1-10-3-4-11(9-12(10)17(19)20)16-13(18)14(23(2,21)22)5-7-15-8-6-14;/h3-4,9,15H,5-8H2,1-2H3,(H,16,18);1H. The predicted molar refractivity (Wildman–Crippen MR) is 93.4 cm³/mol. The van der Waals surface area contributed by atoms with E-state index < -0.39 is 25.4 Å². The molecule has 2 N–H and O–H groups in total. The quantitative estimate of drug-likeness (QED) is 0.605. The number of hydrogen-bond donors (Lipinski definition) is 2. The number of hydrogen-bond acceptors (Lipinski definition) is 6. The Labute approximate surface area is 146 Å². The molecule has 8 nitrogen and oxygen atoms in total. The summed E-state index contributed by atoms with van der Waals surface area (Å²) < 4.78 is 22.8. The van der Waals surface area contributed by atoms with Crippen LogP contribution in [0, 0.1) is 17.0 Å². The van der Waals surface area contributed by atoms with Crippen LogP contribution < -0.4 is 10.6 Å². The number of carbonyl (C=O) groups is 1. The van der Waals surface area contributed by atoms with Crippen LogP contribution in [0.5, 0.6) is 0 Å². The van der Waals surface area contributed by atoms with Crippen molar-refractivity contribution in [2.45, 2.75) is 24.5 Å². The van der Waals surface area contributed by atoms with Gasteiger partial charge in [0.2, 0.25) is 5.91 Å². The molecule has 0 radical (unpaired) electrons. The highest BCUT2D eigenvalue weighted by Crippen LogP contribution is 2.30. The summed E-state index contributed by atoms with van der Waals surface area (Å²) in [6.45, 7) is 2.44. The Hall–Kier alpha value is -1.71. The van der Waals surface area contributed by atoms with Gasteiger partial charge in [-0.3, -0.25) is 14.9 Å². The van der Waals surface area contributed by atoms with Gasteiger partial charge >= 0.3 is 0 Å². The molecular weight excluding hydrogens is 358 g/mol. The number of sulfone groups is 1. The monoisotopic (exact) mass is 377 g/mol. The topological polar surface area (TPSA) is 118 Å². The van der Waals surface area contributed by atoms with Crippen molar-refractivity contribution >= 4 is 39.5 Å². The summed E-state index contributed by atoms with van der Waals surface area (Å²) in [7, 11) is -3.63. The minimum atomic E-state index is -3.63. The van der Waals surface area contributed by atoms with Gasteiger partial charge in [-0.2, -0.15) is 0 Å². The highest BCUT2D eigenvalue weighted by atomic mass is 35.5. The number of benzene rings is 1. The maximum atomic E-state index is 12.6. The fourth-order valence-electron chi connectivity index (χ4n) is 2.73. The Bertz CT molecular complexity index is 745. The summed E-state index contributed by atoms with van der Waals surface area (Å²) in [4.78, 5) is 23.0. The molecule has 0 atom stereocenters. The molecule has 1 aromatic carbocycles. The SMILES string of the molecule is Cc1ccc(NC(=O)C2(S(C)(=O)=O)CCNCC2)cc1[N+](=O)[O-].Cl. The highest BCUT2D eigenvalue weighted by Gasteiger charge is 2.48. The lowest BCUT2D eigenvalue weighted by Gasteiger charge is -2.34. The molecule has 0 saturated carbocycles. The van der Waals surface area contributed by atoms with E-state index in [9.17, 15) is 23.3 Å². The molecule has 1 aromatic rings. The lowest BCUT2D eigenvalue weighted by atomic mass is 9.95. The molecule has 0 bridgehead atoms. The average Bonchev–Trinajstić information content (AvgIpc) is 2.48. The number of halogens is 1. The minimum Gasteiger partial charge on any atom is -0.324 e. The summed E-state index contributed by atoms with van der Waals surface area (Å²) in [6.07, 6.45) is 1.40. The van der Waals surface area contributed by atoms with Crippen LogP contribution >= 0.6 is 12.4 Å². The Morgan fingerprint density at radius 3 is 2.42 bits per heavy atom. The van der Waals surface area contributed by atoms with Gasteiger partial charge in [-0.05, 0) is 38.9 Å². The van der Waals surface area contributed by atoms with Crippen LogP contribution in [0.1, 0.15) is 18.4 Å². The van der Waals surface area contributed by atoms with Gasteiger partial charge < -0.3 is 10.6 Å². The third-order valence-electron chi connectivity index (χ3n) is 4.20. The van der Waals surface area contributed by atoms with E-state index in [0.29, 0.717) is 18.7 Å². The number of carbonyl (C=O) groups excluding carboxylic acids is 1. The number of piperidine rings is 1. The number of nitrogens with one attached hydrogen (secondary N) is 2. The van der Waals surface area contributed by atoms with E-state index in [2.05, 4.69) is 10.6 Å². The van der Waals surface area contributed by atoms with Crippen LogP contribution in [0.3, 0.4) is 0 Å². The molecule has 0 spiro atoms. The van der Waals surface area contributed by atoms with Gasteiger partial charge in [0.1, 0.15) is 0 Å². The van der Waals surface area contributed by atoms with E-state index >= 15 is 0 Å². The number of nitro groups is 1. The third kappa shape index (κ3) is 3.85. The molecular formula is C14H20ClN3O5S. The summed E-state index contributed by atoms with van der Waals surface area (Å²) >= 11 is 0. The Balaban J connectivity index is 0.00000288. The second-order valence-electron chi connectivity index (χ2n) is 5.73. The largest absolute Gasteiger partial charge is 0.324 e. The van der Waals surface area contributed by atoms with Crippen molar-refractivity contribution in [3.63, 3.8) is 0 Å². The molecule has 134 valence electrons. The molecule has 1 aliphatic rings. The second-order valence-corrected chi connectivity index (χ2v) is 8.05. The molecule has 24 heavy (non-hydrogen) atoms. The number of nitro benzene ring substituents is 1. The first kappa shape index (κ1) is 20.3. The zero-order valence-electron chi connectivity index (χ0n) is 13.4. The van der Waals surface area contributed by atoms with Crippen molar-refractivity contribution in [3.8, 4) is 0 Å². The number of rotatable bonds is 4. The van der Waals surface area contributed by atoms with Gasteiger partial charge in [0, 0.05) is 23.6 Å². The maximum absolute atomic E-state index is 12.6. The first-order valence-electron chi connectivity index (χ1n) is 7.14. The zero-order chi connectivity index (χ0) is 17.3. The van der Waals surface area contributed by atoms with E-state index in [1.165, 1.54) is 18.2 Å². The molecule has 10 heteroatoms. The Morgan fingerprint density at radius 2 is 1.92 bits per heavy atom. The average molecular weight is 378 g/mol. The highest BCUT2D eigenvalue weighted by molar-refractivity contribution is 7.92. The fourth-order valence-corrected chi connectivity index (χ4v) is 4.06. The first-order valence-corrected chi connectivity index (χ1v) is 9.03. The summed E-state index contributed by atoms with van der Waals surface area (Å²) in [5.41, 5.74) is 0.558. The summed E-state index contributed by atoms with van der Waals surface area (Å²) in [6, 6.07) is 4.28. The summed E-state index contributed by atoms with van der Waals surface area (Å²) in [5, 5.41) is 16.5. The Kier molecular flexibility index (Phi) is 6.32. The molecule has 2 rings (SSSR count). The molecule has 0 aliphatic carbocycles. The number of anilines is 1. The maximum Gasteiger partial charge on any atom is 0.274 e. The van der Waals surface area contributed by atoms with E-state index in [1.54, 1.807) is 6.92 Å². The van der Waals surface area contributed by atoms with Crippen molar-refractivity contribution in [3.05, 3.63) is 33.9 Å². The lowest BCUT2D eigenvalue weighted by molar-refractivity contribution is -0.385. The first-order chi connectivity index (χ1) is 10.7. The molecule has 1 amide bonds. The second kappa shape index (κ2) is 7.45. The van der Waals surface area contributed by atoms with Gasteiger partial charge in [-0.25, -0.2) is 8.42 Å². The third-order valence-corrected chi connectivity index (χ3v) is 6.21. The molecule has 1 heterocycles. The molecule has 1 aliphatic heterocycles. The fraction of sp³-hybridized carbons (Fsp3) is 0.500. The van der Waals surface area contributed by atoms with Crippen LogP contribution in [0.2, 0.25) is 0 Å².